The zero-order valence-corrected chi connectivity index (χ0v) is 12.1. The van der Waals surface area contributed by atoms with Gasteiger partial charge in [0.05, 0.1) is 13.7 Å². The summed E-state index contributed by atoms with van der Waals surface area (Å²) >= 11 is 0. The molecule has 0 bridgehead atoms. The fourth-order valence-electron chi connectivity index (χ4n) is 1.67. The van der Waals surface area contributed by atoms with Gasteiger partial charge in [0.1, 0.15) is 6.61 Å². The van der Waals surface area contributed by atoms with Crippen molar-refractivity contribution in [2.24, 2.45) is 11.7 Å². The van der Waals surface area contributed by atoms with E-state index in [4.69, 9.17) is 19.9 Å². The highest BCUT2D eigenvalue weighted by atomic mass is 16.5. The van der Waals surface area contributed by atoms with Crippen molar-refractivity contribution in [3.05, 3.63) is 23.8 Å². The Morgan fingerprint density at radius 1 is 1.16 bits per heavy atom. The average Bonchev–Trinajstić information content (AvgIpc) is 2.42. The molecule has 0 saturated carbocycles. The van der Waals surface area contributed by atoms with Gasteiger partial charge in [-0.05, 0) is 18.4 Å². The normalized spacial score (nSPS) is 10.8. The van der Waals surface area contributed by atoms with E-state index in [0.717, 1.165) is 24.3 Å². The molecule has 0 spiro atoms. The number of benzene rings is 1. The first-order valence-electron chi connectivity index (χ1n) is 6.75. The number of para-hydroxylation sites is 1. The number of rotatable bonds is 9. The van der Waals surface area contributed by atoms with Crippen molar-refractivity contribution in [2.75, 3.05) is 26.9 Å². The molecule has 19 heavy (non-hydrogen) atoms. The molecule has 0 aliphatic rings. The summed E-state index contributed by atoms with van der Waals surface area (Å²) in [5.41, 5.74) is 6.64. The quantitative estimate of drug-likeness (QED) is 0.699. The van der Waals surface area contributed by atoms with E-state index in [9.17, 15) is 0 Å². The van der Waals surface area contributed by atoms with Gasteiger partial charge in [0.25, 0.3) is 0 Å². The van der Waals surface area contributed by atoms with Gasteiger partial charge in [-0.1, -0.05) is 26.0 Å². The van der Waals surface area contributed by atoms with Crippen LogP contribution in [0.3, 0.4) is 0 Å². The minimum absolute atomic E-state index is 0.431. The van der Waals surface area contributed by atoms with E-state index in [2.05, 4.69) is 13.8 Å². The van der Waals surface area contributed by atoms with Crippen LogP contribution < -0.4 is 15.2 Å². The van der Waals surface area contributed by atoms with Crippen LogP contribution in [0.5, 0.6) is 11.5 Å². The first kappa shape index (κ1) is 15.8. The third kappa shape index (κ3) is 5.49. The summed E-state index contributed by atoms with van der Waals surface area (Å²) < 4.78 is 16.5. The van der Waals surface area contributed by atoms with E-state index in [-0.39, 0.29) is 0 Å². The molecule has 1 aromatic carbocycles. The number of nitrogens with two attached hydrogens (primary N) is 1. The molecule has 0 heterocycles. The zero-order chi connectivity index (χ0) is 14.1. The van der Waals surface area contributed by atoms with Gasteiger partial charge in [-0.3, -0.25) is 0 Å². The highest BCUT2D eigenvalue weighted by Gasteiger charge is 2.09. The Hall–Kier alpha value is -1.26. The van der Waals surface area contributed by atoms with Crippen LogP contribution >= 0.6 is 0 Å². The minimum Gasteiger partial charge on any atom is -0.493 e. The van der Waals surface area contributed by atoms with Gasteiger partial charge in [0.15, 0.2) is 11.5 Å². The summed E-state index contributed by atoms with van der Waals surface area (Å²) in [6.07, 6.45) is 1.07. The lowest BCUT2D eigenvalue weighted by molar-refractivity contribution is 0.0913. The van der Waals surface area contributed by atoms with Crippen LogP contribution in [0.2, 0.25) is 0 Å². The maximum Gasteiger partial charge on any atom is 0.165 e. The molecule has 0 atom stereocenters. The highest BCUT2D eigenvalue weighted by molar-refractivity contribution is 5.46. The fraction of sp³-hybridized carbons (Fsp3) is 0.600. The molecular formula is C15H25NO3. The van der Waals surface area contributed by atoms with Gasteiger partial charge in [-0.2, -0.15) is 0 Å². The van der Waals surface area contributed by atoms with Crippen molar-refractivity contribution in [1.82, 2.24) is 0 Å². The molecule has 0 aliphatic carbocycles. The predicted molar refractivity (Wildman–Crippen MR) is 76.7 cm³/mol. The molecule has 0 fully saturated rings. The second-order valence-corrected chi connectivity index (χ2v) is 4.80. The Morgan fingerprint density at radius 2 is 1.95 bits per heavy atom. The van der Waals surface area contributed by atoms with Crippen LogP contribution in [-0.4, -0.2) is 26.9 Å². The van der Waals surface area contributed by atoms with Crippen molar-refractivity contribution in [2.45, 2.75) is 26.8 Å². The molecule has 0 aromatic heterocycles. The molecule has 4 nitrogen and oxygen atoms in total. The minimum atomic E-state index is 0.431. The maximum absolute atomic E-state index is 5.73. The summed E-state index contributed by atoms with van der Waals surface area (Å²) in [6, 6.07) is 5.72. The van der Waals surface area contributed by atoms with Crippen LogP contribution in [0.25, 0.3) is 0 Å². The molecule has 1 rings (SSSR count). The van der Waals surface area contributed by atoms with Crippen LogP contribution in [-0.2, 0) is 11.3 Å². The largest absolute Gasteiger partial charge is 0.493 e. The van der Waals surface area contributed by atoms with Gasteiger partial charge >= 0.3 is 0 Å². The predicted octanol–water partition coefficient (Wildman–Crippen LogP) is 2.60. The molecule has 0 unspecified atom stereocenters. The number of methoxy groups -OCH3 is 1. The summed E-state index contributed by atoms with van der Waals surface area (Å²) in [6.45, 7) is 6.65. The van der Waals surface area contributed by atoms with Crippen molar-refractivity contribution in [3.8, 4) is 11.5 Å². The van der Waals surface area contributed by atoms with E-state index in [1.165, 1.54) is 0 Å². The smallest absolute Gasteiger partial charge is 0.165 e. The first-order chi connectivity index (χ1) is 9.19. The molecule has 2 N–H and O–H groups in total. The van der Waals surface area contributed by atoms with Gasteiger partial charge in [0.2, 0.25) is 0 Å². The molecule has 0 amide bonds. The third-order valence-corrected chi connectivity index (χ3v) is 2.81. The van der Waals surface area contributed by atoms with Crippen LogP contribution in [0.4, 0.5) is 0 Å². The molecule has 4 heteroatoms. The SMILES string of the molecule is COc1cccc(CN)c1OCCOCCC(C)C. The second-order valence-electron chi connectivity index (χ2n) is 4.80. The van der Waals surface area contributed by atoms with Crippen LogP contribution in [0, 0.1) is 5.92 Å². The Balaban J connectivity index is 2.40. The van der Waals surface area contributed by atoms with Gasteiger partial charge in [-0.15, -0.1) is 0 Å². The standard InChI is InChI=1S/C15H25NO3/c1-12(2)7-8-18-9-10-19-15-13(11-16)5-4-6-14(15)17-3/h4-6,12H,7-11,16H2,1-3H3. The van der Waals surface area contributed by atoms with Gasteiger partial charge in [0, 0.05) is 18.7 Å². The highest BCUT2D eigenvalue weighted by Crippen LogP contribution is 2.30. The van der Waals surface area contributed by atoms with Gasteiger partial charge < -0.3 is 19.9 Å². The second kappa shape index (κ2) is 8.77. The van der Waals surface area contributed by atoms with Crippen LogP contribution in [0.15, 0.2) is 18.2 Å². The van der Waals surface area contributed by atoms with E-state index in [1.807, 2.05) is 18.2 Å². The molecule has 0 saturated heterocycles. The van der Waals surface area contributed by atoms with Crippen molar-refractivity contribution in [1.29, 1.82) is 0 Å². The lowest BCUT2D eigenvalue weighted by Gasteiger charge is -2.14. The maximum atomic E-state index is 5.73. The Kier molecular flexibility index (Phi) is 7.30. The summed E-state index contributed by atoms with van der Waals surface area (Å²) in [5, 5.41) is 0. The average molecular weight is 267 g/mol. The van der Waals surface area contributed by atoms with E-state index >= 15 is 0 Å². The Labute approximate surface area is 115 Å². The van der Waals surface area contributed by atoms with Crippen LogP contribution in [0.1, 0.15) is 25.8 Å². The molecule has 108 valence electrons. The van der Waals surface area contributed by atoms with E-state index in [0.29, 0.717) is 31.4 Å². The van der Waals surface area contributed by atoms with Crippen molar-refractivity contribution < 1.29 is 14.2 Å². The topological polar surface area (TPSA) is 53.7 Å². The molecule has 1 aromatic rings. The monoisotopic (exact) mass is 267 g/mol. The lowest BCUT2D eigenvalue weighted by atomic mass is 10.1. The zero-order valence-electron chi connectivity index (χ0n) is 12.1. The summed E-state index contributed by atoms with van der Waals surface area (Å²) in [4.78, 5) is 0. The summed E-state index contributed by atoms with van der Waals surface area (Å²) in [7, 11) is 1.63. The fourth-order valence-corrected chi connectivity index (χ4v) is 1.67. The number of hydrogen-bond donors (Lipinski definition) is 1. The van der Waals surface area contributed by atoms with E-state index in [1.54, 1.807) is 7.11 Å². The Bertz CT molecular complexity index is 344. The first-order valence-corrected chi connectivity index (χ1v) is 6.75. The molecule has 0 aliphatic heterocycles. The van der Waals surface area contributed by atoms with Crippen molar-refractivity contribution >= 4 is 0 Å². The Morgan fingerprint density at radius 3 is 2.58 bits per heavy atom. The lowest BCUT2D eigenvalue weighted by Crippen LogP contribution is -2.11. The molecule has 0 radical (unpaired) electrons. The summed E-state index contributed by atoms with van der Waals surface area (Å²) in [5.74, 6) is 2.10. The van der Waals surface area contributed by atoms with Crippen molar-refractivity contribution in [3.63, 3.8) is 0 Å². The van der Waals surface area contributed by atoms with Gasteiger partial charge in [-0.25, -0.2) is 0 Å². The number of ether oxygens (including phenoxy) is 3. The number of hydrogen-bond acceptors (Lipinski definition) is 4. The third-order valence-electron chi connectivity index (χ3n) is 2.81. The van der Waals surface area contributed by atoms with E-state index < -0.39 is 0 Å². The molecular weight excluding hydrogens is 242 g/mol.